The largest absolute Gasteiger partial charge is 0.333 e. The predicted molar refractivity (Wildman–Crippen MR) is 79.9 cm³/mol. The van der Waals surface area contributed by atoms with Gasteiger partial charge in [0.15, 0.2) is 0 Å². The van der Waals surface area contributed by atoms with Gasteiger partial charge >= 0.3 is 0 Å². The highest BCUT2D eigenvalue weighted by molar-refractivity contribution is 6.42. The zero-order valence-corrected chi connectivity index (χ0v) is 12.5. The molecule has 0 aliphatic carbocycles. The molecule has 0 saturated heterocycles. The third kappa shape index (κ3) is 2.94. The zero-order chi connectivity index (χ0) is 13.8. The highest BCUT2D eigenvalue weighted by Gasteiger charge is 2.20. The first kappa shape index (κ1) is 14.4. The minimum Gasteiger partial charge on any atom is -0.333 e. The summed E-state index contributed by atoms with van der Waals surface area (Å²) in [4.78, 5) is 4.45. The predicted octanol–water partition coefficient (Wildman–Crippen LogP) is 3.91. The molecular weight excluding hydrogens is 281 g/mol. The summed E-state index contributed by atoms with van der Waals surface area (Å²) >= 11 is 12.4. The van der Waals surface area contributed by atoms with Crippen LogP contribution in [0.25, 0.3) is 0 Å². The molecular formula is C14H17Cl2N3. The summed E-state index contributed by atoms with van der Waals surface area (Å²) in [5.41, 5.74) is 0.945. The topological polar surface area (TPSA) is 29.9 Å². The van der Waals surface area contributed by atoms with Crippen LogP contribution in [0.5, 0.6) is 0 Å². The van der Waals surface area contributed by atoms with Crippen LogP contribution in [0.3, 0.4) is 0 Å². The van der Waals surface area contributed by atoms with Gasteiger partial charge in [-0.2, -0.15) is 0 Å². The van der Waals surface area contributed by atoms with Crippen molar-refractivity contribution in [1.29, 1.82) is 0 Å². The van der Waals surface area contributed by atoms with E-state index in [1.807, 2.05) is 31.6 Å². The maximum Gasteiger partial charge on any atom is 0.130 e. The molecule has 0 aliphatic heterocycles. The number of nitrogens with one attached hydrogen (secondary N) is 1. The van der Waals surface area contributed by atoms with Crippen molar-refractivity contribution in [2.24, 2.45) is 0 Å². The second-order valence-electron chi connectivity index (χ2n) is 4.34. The molecule has 0 bridgehead atoms. The second-order valence-corrected chi connectivity index (χ2v) is 5.13. The second kappa shape index (κ2) is 6.42. The van der Waals surface area contributed by atoms with Crippen LogP contribution in [0.2, 0.25) is 10.0 Å². The summed E-state index contributed by atoms with van der Waals surface area (Å²) in [7, 11) is 1.90. The molecule has 19 heavy (non-hydrogen) atoms. The Labute approximate surface area is 123 Å². The Morgan fingerprint density at radius 2 is 2.16 bits per heavy atom. The maximum absolute atomic E-state index is 6.30. The van der Waals surface area contributed by atoms with Crippen molar-refractivity contribution in [3.8, 4) is 0 Å². The molecule has 0 saturated carbocycles. The van der Waals surface area contributed by atoms with E-state index >= 15 is 0 Å². The molecule has 0 spiro atoms. The lowest BCUT2D eigenvalue weighted by Gasteiger charge is -2.19. The van der Waals surface area contributed by atoms with Gasteiger partial charge in [-0.1, -0.05) is 42.3 Å². The molecule has 1 heterocycles. The molecule has 5 heteroatoms. The molecule has 1 aromatic heterocycles. The summed E-state index contributed by atoms with van der Waals surface area (Å²) in [5, 5.41) is 4.40. The molecule has 1 aromatic carbocycles. The number of imidazole rings is 1. The summed E-state index contributed by atoms with van der Waals surface area (Å²) in [6, 6.07) is 5.60. The summed E-state index contributed by atoms with van der Waals surface area (Å²) in [6.07, 6.45) is 4.86. The lowest BCUT2D eigenvalue weighted by molar-refractivity contribution is 0.568. The van der Waals surface area contributed by atoms with Crippen LogP contribution in [0.4, 0.5) is 0 Å². The Kier molecular flexibility index (Phi) is 4.86. The fourth-order valence-electron chi connectivity index (χ4n) is 2.18. The van der Waals surface area contributed by atoms with Gasteiger partial charge < -0.3 is 9.88 Å². The average molecular weight is 298 g/mol. The monoisotopic (exact) mass is 297 g/mol. The first-order valence-corrected chi connectivity index (χ1v) is 7.06. The third-order valence-electron chi connectivity index (χ3n) is 3.05. The molecule has 102 valence electrons. The Morgan fingerprint density at radius 3 is 2.84 bits per heavy atom. The van der Waals surface area contributed by atoms with Gasteiger partial charge in [-0.15, -0.1) is 0 Å². The minimum atomic E-state index is -0.0623. The Balaban J connectivity index is 2.44. The lowest BCUT2D eigenvalue weighted by atomic mass is 10.1. The Hall–Kier alpha value is -1.03. The van der Waals surface area contributed by atoms with Crippen LogP contribution in [0, 0.1) is 0 Å². The molecule has 2 rings (SSSR count). The first-order valence-electron chi connectivity index (χ1n) is 6.31. The maximum atomic E-state index is 6.30. The van der Waals surface area contributed by atoms with Gasteiger partial charge in [0.1, 0.15) is 5.82 Å². The lowest BCUT2D eigenvalue weighted by Crippen LogP contribution is -2.22. The van der Waals surface area contributed by atoms with Gasteiger partial charge in [0, 0.05) is 18.9 Å². The molecule has 1 N–H and O–H groups in total. The van der Waals surface area contributed by atoms with Crippen molar-refractivity contribution in [2.75, 3.05) is 7.05 Å². The third-order valence-corrected chi connectivity index (χ3v) is 3.89. The number of nitrogens with zero attached hydrogens (tertiary/aromatic N) is 2. The van der Waals surface area contributed by atoms with Crippen molar-refractivity contribution >= 4 is 23.2 Å². The van der Waals surface area contributed by atoms with E-state index in [9.17, 15) is 0 Å². The number of hydrogen-bond acceptors (Lipinski definition) is 2. The number of rotatable bonds is 5. The van der Waals surface area contributed by atoms with Crippen molar-refractivity contribution in [1.82, 2.24) is 14.9 Å². The first-order chi connectivity index (χ1) is 9.19. The molecule has 3 nitrogen and oxygen atoms in total. The van der Waals surface area contributed by atoms with E-state index in [0.717, 1.165) is 24.4 Å². The summed E-state index contributed by atoms with van der Waals surface area (Å²) in [5.74, 6) is 0.952. The Morgan fingerprint density at radius 1 is 1.37 bits per heavy atom. The Bertz CT molecular complexity index is 551. The van der Waals surface area contributed by atoms with Crippen LogP contribution in [-0.4, -0.2) is 16.6 Å². The SMILES string of the molecule is CCCn1ccnc1C(NC)c1cccc(Cl)c1Cl. The highest BCUT2D eigenvalue weighted by Crippen LogP contribution is 2.32. The fourth-order valence-corrected chi connectivity index (χ4v) is 2.60. The van der Waals surface area contributed by atoms with Crippen LogP contribution < -0.4 is 5.32 Å². The number of halogens is 2. The molecule has 0 aliphatic rings. The minimum absolute atomic E-state index is 0.0623. The zero-order valence-electron chi connectivity index (χ0n) is 11.0. The van der Waals surface area contributed by atoms with Gasteiger partial charge in [-0.3, -0.25) is 0 Å². The molecule has 0 fully saturated rings. The average Bonchev–Trinajstić information content (AvgIpc) is 2.84. The van der Waals surface area contributed by atoms with E-state index in [-0.39, 0.29) is 6.04 Å². The van der Waals surface area contributed by atoms with Crippen LogP contribution in [0.15, 0.2) is 30.6 Å². The summed E-state index contributed by atoms with van der Waals surface area (Å²) < 4.78 is 2.14. The molecule has 0 amide bonds. The van der Waals surface area contributed by atoms with E-state index in [1.54, 1.807) is 6.07 Å². The van der Waals surface area contributed by atoms with Crippen molar-refractivity contribution < 1.29 is 0 Å². The summed E-state index contributed by atoms with van der Waals surface area (Å²) in [6.45, 7) is 3.08. The number of aryl methyl sites for hydroxylation is 1. The van der Waals surface area contributed by atoms with E-state index in [1.165, 1.54) is 0 Å². The molecule has 1 atom stereocenters. The fraction of sp³-hybridized carbons (Fsp3) is 0.357. The van der Waals surface area contributed by atoms with Gasteiger partial charge in [-0.25, -0.2) is 4.98 Å². The molecule has 0 radical (unpaired) electrons. The standard InChI is InChI=1S/C14H17Cl2N3/c1-3-8-19-9-7-18-14(19)13(17-2)10-5-4-6-11(15)12(10)16/h4-7,9,13,17H,3,8H2,1-2H3. The van der Waals surface area contributed by atoms with Gasteiger partial charge in [0.05, 0.1) is 16.1 Å². The molecule has 2 aromatic rings. The van der Waals surface area contributed by atoms with Gasteiger partial charge in [0.2, 0.25) is 0 Å². The van der Waals surface area contributed by atoms with Crippen LogP contribution in [0.1, 0.15) is 30.8 Å². The van der Waals surface area contributed by atoms with Crippen molar-refractivity contribution in [3.63, 3.8) is 0 Å². The van der Waals surface area contributed by atoms with Crippen molar-refractivity contribution in [2.45, 2.75) is 25.9 Å². The number of hydrogen-bond donors (Lipinski definition) is 1. The van der Waals surface area contributed by atoms with E-state index in [2.05, 4.69) is 21.8 Å². The van der Waals surface area contributed by atoms with E-state index in [0.29, 0.717) is 10.0 Å². The van der Waals surface area contributed by atoms with Gasteiger partial charge in [-0.05, 0) is 25.1 Å². The van der Waals surface area contributed by atoms with Crippen LogP contribution in [-0.2, 0) is 6.54 Å². The van der Waals surface area contributed by atoms with E-state index in [4.69, 9.17) is 23.2 Å². The van der Waals surface area contributed by atoms with Crippen LogP contribution >= 0.6 is 23.2 Å². The van der Waals surface area contributed by atoms with Gasteiger partial charge in [0.25, 0.3) is 0 Å². The van der Waals surface area contributed by atoms with Crippen molar-refractivity contribution in [3.05, 3.63) is 52.0 Å². The number of aromatic nitrogens is 2. The normalized spacial score (nSPS) is 12.6. The van der Waals surface area contributed by atoms with E-state index < -0.39 is 0 Å². The number of benzene rings is 1. The smallest absolute Gasteiger partial charge is 0.130 e. The highest BCUT2D eigenvalue weighted by atomic mass is 35.5. The quantitative estimate of drug-likeness (QED) is 0.907. The molecule has 1 unspecified atom stereocenters.